The molecule has 30 heavy (non-hydrogen) atoms. The van der Waals surface area contributed by atoms with Gasteiger partial charge in [-0.1, -0.05) is 19.1 Å². The number of nitrogens with one attached hydrogen (secondary N) is 2. The van der Waals surface area contributed by atoms with E-state index in [9.17, 15) is 0 Å². The third-order valence-electron chi connectivity index (χ3n) is 5.21. The molecule has 1 aromatic carbocycles. The molecule has 1 unspecified atom stereocenters. The Kier molecular flexibility index (Phi) is 10.9. The zero-order chi connectivity index (χ0) is 20.5. The first-order valence-corrected chi connectivity index (χ1v) is 11.4. The molecule has 2 N–H and O–H groups in total. The quantitative estimate of drug-likeness (QED) is 0.282. The van der Waals surface area contributed by atoms with Crippen LogP contribution in [0.25, 0.3) is 0 Å². The maximum absolute atomic E-state index is 5.33. The molecule has 0 bridgehead atoms. The summed E-state index contributed by atoms with van der Waals surface area (Å²) in [5, 5.41) is 7.99. The molecule has 1 fully saturated rings. The molecular weight excluding hydrogens is 509 g/mol. The molecule has 166 valence electrons. The summed E-state index contributed by atoms with van der Waals surface area (Å²) in [4.78, 5) is 13.1. The van der Waals surface area contributed by atoms with Crippen LogP contribution in [0.4, 0.5) is 0 Å². The average molecular weight is 544 g/mol. The number of ether oxygens (including phenoxy) is 1. The molecule has 0 spiro atoms. The van der Waals surface area contributed by atoms with Gasteiger partial charge in [0, 0.05) is 24.2 Å². The molecule has 8 heteroatoms. The number of aliphatic imine (C=N–C) groups is 1. The van der Waals surface area contributed by atoms with E-state index in [1.807, 2.05) is 18.3 Å². The van der Waals surface area contributed by atoms with E-state index in [1.54, 1.807) is 18.4 Å². The molecule has 0 saturated carbocycles. The summed E-state index contributed by atoms with van der Waals surface area (Å²) in [6.45, 7) is 8.80. The molecule has 2 aromatic rings. The number of benzene rings is 1. The van der Waals surface area contributed by atoms with Crippen molar-refractivity contribution < 1.29 is 4.74 Å². The lowest BCUT2D eigenvalue weighted by molar-refractivity contribution is 0.245. The number of halogens is 1. The summed E-state index contributed by atoms with van der Waals surface area (Å²) in [5.41, 5.74) is 1.31. The number of likely N-dealkylation sites (tertiary alicyclic amines) is 1. The van der Waals surface area contributed by atoms with Crippen molar-refractivity contribution in [2.24, 2.45) is 4.99 Å². The number of guanidine groups is 1. The summed E-state index contributed by atoms with van der Waals surface area (Å²) in [7, 11) is 1.71. The second-order valence-electron chi connectivity index (χ2n) is 7.18. The van der Waals surface area contributed by atoms with Crippen molar-refractivity contribution in [3.63, 3.8) is 0 Å². The van der Waals surface area contributed by atoms with Gasteiger partial charge in [0.25, 0.3) is 0 Å². The lowest BCUT2D eigenvalue weighted by Crippen LogP contribution is -2.42. The van der Waals surface area contributed by atoms with E-state index < -0.39 is 0 Å². The lowest BCUT2D eigenvalue weighted by atomic mass is 10.1. The Morgan fingerprint density at radius 3 is 2.53 bits per heavy atom. The highest BCUT2D eigenvalue weighted by molar-refractivity contribution is 14.0. The lowest BCUT2D eigenvalue weighted by Gasteiger charge is -2.29. The van der Waals surface area contributed by atoms with E-state index in [4.69, 9.17) is 9.73 Å². The summed E-state index contributed by atoms with van der Waals surface area (Å²) < 4.78 is 5.33. The number of hydrogen-bond acceptors (Lipinski definition) is 5. The van der Waals surface area contributed by atoms with Gasteiger partial charge in [0.15, 0.2) is 5.96 Å². The van der Waals surface area contributed by atoms with Crippen LogP contribution in [-0.4, -0.2) is 49.1 Å². The zero-order valence-corrected chi connectivity index (χ0v) is 21.3. The van der Waals surface area contributed by atoms with Gasteiger partial charge < -0.3 is 15.4 Å². The van der Waals surface area contributed by atoms with Crippen LogP contribution in [0.3, 0.4) is 0 Å². The van der Waals surface area contributed by atoms with Gasteiger partial charge in [-0.15, -0.1) is 35.3 Å². The number of aromatic nitrogens is 1. The molecule has 0 aliphatic carbocycles. The number of methoxy groups -OCH3 is 1. The number of thiazole rings is 1. The van der Waals surface area contributed by atoms with Gasteiger partial charge in [-0.2, -0.15) is 0 Å². The fourth-order valence-electron chi connectivity index (χ4n) is 3.60. The SMILES string of the molecule is CCNC(=NCc1ncc(CC)s1)NCC(c1ccc(OC)cc1)N1CCCC1.I. The maximum atomic E-state index is 5.33. The highest BCUT2D eigenvalue weighted by Crippen LogP contribution is 2.26. The van der Waals surface area contributed by atoms with Gasteiger partial charge in [-0.3, -0.25) is 4.90 Å². The first kappa shape index (κ1) is 24.9. The van der Waals surface area contributed by atoms with Crippen molar-refractivity contribution in [2.75, 3.05) is 33.3 Å². The summed E-state index contributed by atoms with van der Waals surface area (Å²) in [5.74, 6) is 1.74. The van der Waals surface area contributed by atoms with Crippen molar-refractivity contribution in [1.82, 2.24) is 20.5 Å². The average Bonchev–Trinajstić information content (AvgIpc) is 3.44. The number of nitrogens with zero attached hydrogens (tertiary/aromatic N) is 3. The van der Waals surface area contributed by atoms with Crippen LogP contribution in [0.15, 0.2) is 35.5 Å². The Bertz CT molecular complexity index is 774. The number of rotatable bonds is 9. The Morgan fingerprint density at radius 1 is 1.20 bits per heavy atom. The van der Waals surface area contributed by atoms with Crippen LogP contribution < -0.4 is 15.4 Å². The van der Waals surface area contributed by atoms with E-state index in [-0.39, 0.29) is 24.0 Å². The largest absolute Gasteiger partial charge is 0.497 e. The molecule has 1 aliphatic heterocycles. The van der Waals surface area contributed by atoms with Crippen LogP contribution >= 0.6 is 35.3 Å². The monoisotopic (exact) mass is 543 g/mol. The van der Waals surface area contributed by atoms with E-state index >= 15 is 0 Å². The minimum atomic E-state index is 0. The maximum Gasteiger partial charge on any atom is 0.191 e. The fourth-order valence-corrected chi connectivity index (χ4v) is 4.39. The van der Waals surface area contributed by atoms with Gasteiger partial charge in [0.2, 0.25) is 0 Å². The van der Waals surface area contributed by atoms with Crippen LogP contribution in [0, 0.1) is 0 Å². The van der Waals surface area contributed by atoms with Crippen LogP contribution in [0.1, 0.15) is 48.2 Å². The van der Waals surface area contributed by atoms with Crippen molar-refractivity contribution in [3.05, 3.63) is 45.9 Å². The minimum Gasteiger partial charge on any atom is -0.497 e. The normalized spacial score (nSPS) is 15.5. The highest BCUT2D eigenvalue weighted by atomic mass is 127. The van der Waals surface area contributed by atoms with Gasteiger partial charge in [0.1, 0.15) is 10.8 Å². The molecular formula is C22H34IN5OS. The van der Waals surface area contributed by atoms with Crippen molar-refractivity contribution in [3.8, 4) is 5.75 Å². The third kappa shape index (κ3) is 7.09. The molecule has 1 aromatic heterocycles. The molecule has 3 rings (SSSR count). The second kappa shape index (κ2) is 13.1. The van der Waals surface area contributed by atoms with E-state index in [0.717, 1.165) is 49.3 Å². The van der Waals surface area contributed by atoms with Gasteiger partial charge >= 0.3 is 0 Å². The predicted octanol–water partition coefficient (Wildman–Crippen LogP) is 4.22. The van der Waals surface area contributed by atoms with Crippen molar-refractivity contribution >= 4 is 41.3 Å². The summed E-state index contributed by atoms with van der Waals surface area (Å²) in [6, 6.07) is 8.76. The molecule has 1 saturated heterocycles. The van der Waals surface area contributed by atoms with Crippen molar-refractivity contribution in [1.29, 1.82) is 0 Å². The third-order valence-corrected chi connectivity index (χ3v) is 6.34. The Balaban J connectivity index is 0.00000320. The summed E-state index contributed by atoms with van der Waals surface area (Å²) >= 11 is 1.74. The number of hydrogen-bond donors (Lipinski definition) is 2. The van der Waals surface area contributed by atoms with Gasteiger partial charge in [0.05, 0.1) is 19.7 Å². The number of aryl methyl sites for hydroxylation is 1. The highest BCUT2D eigenvalue weighted by Gasteiger charge is 2.23. The first-order chi connectivity index (χ1) is 14.2. The molecule has 2 heterocycles. The smallest absolute Gasteiger partial charge is 0.191 e. The van der Waals surface area contributed by atoms with Crippen LogP contribution in [0.2, 0.25) is 0 Å². The Labute approximate surface area is 201 Å². The molecule has 0 amide bonds. The van der Waals surface area contributed by atoms with Crippen molar-refractivity contribution in [2.45, 2.75) is 45.7 Å². The molecule has 1 aliphatic rings. The fraction of sp³-hybridized carbons (Fsp3) is 0.545. The van der Waals surface area contributed by atoms with E-state index in [1.165, 1.54) is 23.3 Å². The molecule has 0 radical (unpaired) electrons. The molecule has 1 atom stereocenters. The van der Waals surface area contributed by atoms with E-state index in [0.29, 0.717) is 12.6 Å². The van der Waals surface area contributed by atoms with Crippen LogP contribution in [0.5, 0.6) is 5.75 Å². The molecule has 6 nitrogen and oxygen atoms in total. The van der Waals surface area contributed by atoms with Crippen LogP contribution in [-0.2, 0) is 13.0 Å². The first-order valence-electron chi connectivity index (χ1n) is 10.6. The minimum absolute atomic E-state index is 0. The Hall–Kier alpha value is -1.39. The standard InChI is InChI=1S/C22H33N5OS.HI/c1-4-19-14-24-21(29-19)16-26-22(23-5-2)25-15-20(27-12-6-7-13-27)17-8-10-18(28-3)11-9-17;/h8-11,14,20H,4-7,12-13,15-16H2,1-3H3,(H2,23,25,26);1H. The summed E-state index contributed by atoms with van der Waals surface area (Å²) in [6.07, 6.45) is 5.53. The zero-order valence-electron chi connectivity index (χ0n) is 18.2. The van der Waals surface area contributed by atoms with Gasteiger partial charge in [-0.25, -0.2) is 9.98 Å². The topological polar surface area (TPSA) is 61.8 Å². The second-order valence-corrected chi connectivity index (χ2v) is 8.38. The van der Waals surface area contributed by atoms with E-state index in [2.05, 4.69) is 46.5 Å². The van der Waals surface area contributed by atoms with Gasteiger partial charge in [-0.05, 0) is 57.0 Å². The predicted molar refractivity (Wildman–Crippen MR) is 136 cm³/mol. The Morgan fingerprint density at radius 2 is 1.93 bits per heavy atom.